The highest BCUT2D eigenvalue weighted by atomic mass is 35.5. The number of aromatic nitrogens is 2. The molecule has 1 saturated carbocycles. The Balaban J connectivity index is 1.32. The van der Waals surface area contributed by atoms with Gasteiger partial charge in [-0.1, -0.05) is 35.8 Å². The lowest BCUT2D eigenvalue weighted by Crippen LogP contribution is -2.17. The number of sulfone groups is 1. The number of nitrogens with zero attached hydrogens (tertiary/aromatic N) is 3. The number of hydrogen-bond donors (Lipinski definition) is 1. The molecule has 1 heterocycles. The van der Waals surface area contributed by atoms with Gasteiger partial charge in [-0.15, -0.1) is 0 Å². The number of nitrogens with one attached hydrogen (secondary N) is 1. The van der Waals surface area contributed by atoms with Crippen molar-refractivity contribution < 1.29 is 22.1 Å². The number of carbonyl (C=O) groups is 1. The Kier molecular flexibility index (Phi) is 6.97. The highest BCUT2D eigenvalue weighted by Crippen LogP contribution is 2.55. The zero-order chi connectivity index (χ0) is 27.8. The summed E-state index contributed by atoms with van der Waals surface area (Å²) in [6, 6.07) is 17.5. The first-order valence-corrected chi connectivity index (χ1v) is 14.1. The van der Waals surface area contributed by atoms with Crippen molar-refractivity contribution in [2.75, 3.05) is 11.1 Å². The minimum absolute atomic E-state index is 0.0124. The average Bonchev–Trinajstić information content (AvgIpc) is 3.54. The van der Waals surface area contributed by atoms with Crippen molar-refractivity contribution in [2.24, 2.45) is 0 Å². The summed E-state index contributed by atoms with van der Waals surface area (Å²) in [7, 11) is -3.33. The number of nitriles is 1. The van der Waals surface area contributed by atoms with E-state index in [0.29, 0.717) is 35.4 Å². The molecule has 4 aromatic rings. The first-order chi connectivity index (χ1) is 18.6. The number of halogens is 2. The summed E-state index contributed by atoms with van der Waals surface area (Å²) >= 11 is 6.52. The van der Waals surface area contributed by atoms with Crippen LogP contribution >= 0.6 is 11.6 Å². The SMILES string of the molecule is CCS(=O)(=O)c1ccc(CC(=O)Nc2cc(F)c(C3(c4noc(-c5ccc(C#N)cc5)n4)CC3)c(Cl)c2)cc1. The van der Waals surface area contributed by atoms with Gasteiger partial charge >= 0.3 is 0 Å². The van der Waals surface area contributed by atoms with Crippen molar-refractivity contribution in [3.05, 3.63) is 94.0 Å². The van der Waals surface area contributed by atoms with Crippen molar-refractivity contribution >= 4 is 33.0 Å². The van der Waals surface area contributed by atoms with Crippen molar-refractivity contribution in [1.82, 2.24) is 10.1 Å². The third-order valence-corrected chi connectivity index (χ3v) is 8.75. The number of rotatable bonds is 8. The van der Waals surface area contributed by atoms with Crippen LogP contribution in [0.5, 0.6) is 0 Å². The lowest BCUT2D eigenvalue weighted by molar-refractivity contribution is -0.115. The standard InChI is InChI=1S/C28H22ClFN4O4S/c1-2-39(36,37)21-9-5-17(6-10-21)13-24(35)32-20-14-22(29)25(23(30)15-20)28(11-12-28)27-33-26(38-34-27)19-7-3-18(16-31)4-8-19/h3-10,14-15H,2,11-13H2,1H3,(H,32,35). The van der Waals surface area contributed by atoms with E-state index >= 15 is 4.39 Å². The zero-order valence-electron chi connectivity index (χ0n) is 20.7. The topological polar surface area (TPSA) is 126 Å². The molecular weight excluding hydrogens is 543 g/mol. The number of carbonyl (C=O) groups excluding carboxylic acids is 1. The van der Waals surface area contributed by atoms with E-state index < -0.39 is 27.0 Å². The number of anilines is 1. The summed E-state index contributed by atoms with van der Waals surface area (Å²) in [5.41, 5.74) is 1.34. The molecule has 1 aromatic heterocycles. The molecule has 3 aromatic carbocycles. The number of hydrogen-bond acceptors (Lipinski definition) is 7. The average molecular weight is 565 g/mol. The van der Waals surface area contributed by atoms with Crippen LogP contribution < -0.4 is 5.32 Å². The van der Waals surface area contributed by atoms with Gasteiger partial charge in [-0.2, -0.15) is 10.2 Å². The smallest absolute Gasteiger partial charge is 0.257 e. The minimum atomic E-state index is -3.33. The van der Waals surface area contributed by atoms with E-state index in [4.69, 9.17) is 21.4 Å². The van der Waals surface area contributed by atoms with Crippen LogP contribution in [0, 0.1) is 17.1 Å². The third kappa shape index (κ3) is 5.28. The van der Waals surface area contributed by atoms with Gasteiger partial charge in [0.25, 0.3) is 5.89 Å². The van der Waals surface area contributed by atoms with Crippen molar-refractivity contribution in [2.45, 2.75) is 36.5 Å². The molecule has 0 saturated heterocycles. The fourth-order valence-electron chi connectivity index (χ4n) is 4.41. The maximum Gasteiger partial charge on any atom is 0.257 e. The lowest BCUT2D eigenvalue weighted by Gasteiger charge is -2.16. The first kappa shape index (κ1) is 26.5. The molecule has 1 aliphatic rings. The van der Waals surface area contributed by atoms with E-state index in [-0.39, 0.29) is 39.2 Å². The van der Waals surface area contributed by atoms with Crippen molar-refractivity contribution in [3.8, 4) is 17.5 Å². The fraction of sp³-hybridized carbons (Fsp3) is 0.214. The van der Waals surface area contributed by atoms with Gasteiger partial charge in [-0.05, 0) is 66.9 Å². The molecule has 1 amide bonds. The Morgan fingerprint density at radius 3 is 2.44 bits per heavy atom. The minimum Gasteiger partial charge on any atom is -0.334 e. The molecule has 11 heteroatoms. The maximum absolute atomic E-state index is 15.4. The molecule has 0 aliphatic heterocycles. The molecule has 0 spiro atoms. The Morgan fingerprint density at radius 1 is 1.15 bits per heavy atom. The summed E-state index contributed by atoms with van der Waals surface area (Å²) in [5.74, 6) is -0.458. The predicted molar refractivity (Wildman–Crippen MR) is 142 cm³/mol. The van der Waals surface area contributed by atoms with Gasteiger partial charge in [0, 0.05) is 21.8 Å². The Labute approximate surface area is 229 Å². The van der Waals surface area contributed by atoms with E-state index in [1.165, 1.54) is 24.3 Å². The predicted octanol–water partition coefficient (Wildman–Crippen LogP) is 5.46. The summed E-state index contributed by atoms with van der Waals surface area (Å²) in [6.07, 6.45) is 1.12. The fourth-order valence-corrected chi connectivity index (χ4v) is 5.68. The van der Waals surface area contributed by atoms with E-state index in [0.717, 1.165) is 0 Å². The van der Waals surface area contributed by atoms with Crippen LogP contribution in [0.2, 0.25) is 5.02 Å². The van der Waals surface area contributed by atoms with Crippen LogP contribution in [0.3, 0.4) is 0 Å². The first-order valence-electron chi connectivity index (χ1n) is 12.1. The summed E-state index contributed by atoms with van der Waals surface area (Å²) in [6.45, 7) is 1.56. The summed E-state index contributed by atoms with van der Waals surface area (Å²) in [5, 5.41) is 15.8. The second-order valence-electron chi connectivity index (χ2n) is 9.28. The van der Waals surface area contributed by atoms with Gasteiger partial charge in [0.2, 0.25) is 5.91 Å². The summed E-state index contributed by atoms with van der Waals surface area (Å²) < 4.78 is 44.8. The van der Waals surface area contributed by atoms with Crippen LogP contribution in [0.25, 0.3) is 11.5 Å². The van der Waals surface area contributed by atoms with E-state index in [2.05, 4.69) is 15.5 Å². The van der Waals surface area contributed by atoms with Crippen LogP contribution in [0.4, 0.5) is 10.1 Å². The molecule has 0 unspecified atom stereocenters. The van der Waals surface area contributed by atoms with Gasteiger partial charge < -0.3 is 9.84 Å². The third-order valence-electron chi connectivity index (χ3n) is 6.70. The monoisotopic (exact) mass is 564 g/mol. The van der Waals surface area contributed by atoms with Gasteiger partial charge in [-0.3, -0.25) is 4.79 Å². The van der Waals surface area contributed by atoms with E-state index in [1.807, 2.05) is 6.07 Å². The Morgan fingerprint density at radius 2 is 1.85 bits per heavy atom. The Hall–Kier alpha value is -4.07. The molecule has 1 aliphatic carbocycles. The number of benzene rings is 3. The van der Waals surface area contributed by atoms with E-state index in [1.54, 1.807) is 43.3 Å². The van der Waals surface area contributed by atoms with Crippen LogP contribution in [-0.2, 0) is 26.5 Å². The maximum atomic E-state index is 15.4. The quantitative estimate of drug-likeness (QED) is 0.301. The highest BCUT2D eigenvalue weighted by Gasteiger charge is 2.53. The Bertz CT molecular complexity index is 1680. The molecule has 198 valence electrons. The zero-order valence-corrected chi connectivity index (χ0v) is 22.3. The molecule has 39 heavy (non-hydrogen) atoms. The molecule has 1 fully saturated rings. The van der Waals surface area contributed by atoms with Crippen LogP contribution in [0.1, 0.15) is 42.3 Å². The normalized spacial score (nSPS) is 14.0. The molecule has 8 nitrogen and oxygen atoms in total. The molecule has 0 bridgehead atoms. The lowest BCUT2D eigenvalue weighted by atomic mass is 9.94. The molecule has 0 atom stereocenters. The highest BCUT2D eigenvalue weighted by molar-refractivity contribution is 7.91. The largest absolute Gasteiger partial charge is 0.334 e. The van der Waals surface area contributed by atoms with Gasteiger partial charge in [0.05, 0.1) is 34.1 Å². The van der Waals surface area contributed by atoms with Crippen molar-refractivity contribution in [3.63, 3.8) is 0 Å². The molecule has 1 N–H and O–H groups in total. The van der Waals surface area contributed by atoms with Crippen LogP contribution in [0.15, 0.2) is 70.1 Å². The van der Waals surface area contributed by atoms with Crippen LogP contribution in [-0.4, -0.2) is 30.2 Å². The second kappa shape index (κ2) is 10.2. The molecule has 5 rings (SSSR count). The molecular formula is C28H22ClFN4O4S. The molecule has 0 radical (unpaired) electrons. The van der Waals surface area contributed by atoms with Gasteiger partial charge in [0.15, 0.2) is 15.7 Å². The summed E-state index contributed by atoms with van der Waals surface area (Å²) in [4.78, 5) is 17.3. The number of amides is 1. The van der Waals surface area contributed by atoms with Gasteiger partial charge in [-0.25, -0.2) is 12.8 Å². The van der Waals surface area contributed by atoms with Crippen molar-refractivity contribution in [1.29, 1.82) is 5.26 Å². The van der Waals surface area contributed by atoms with Gasteiger partial charge in [0.1, 0.15) is 5.82 Å². The second-order valence-corrected chi connectivity index (χ2v) is 12.0. The van der Waals surface area contributed by atoms with E-state index in [9.17, 15) is 13.2 Å².